The van der Waals surface area contributed by atoms with Crippen LogP contribution in [0, 0.1) is 5.41 Å². The smallest absolute Gasteiger partial charge is 0.0681 e. The molecule has 1 aromatic carbocycles. The fourth-order valence-electron chi connectivity index (χ4n) is 3.14. The van der Waals surface area contributed by atoms with Crippen molar-refractivity contribution in [3.05, 3.63) is 35.4 Å². The van der Waals surface area contributed by atoms with Crippen molar-refractivity contribution in [1.29, 1.82) is 0 Å². The van der Waals surface area contributed by atoms with Crippen LogP contribution in [0.25, 0.3) is 0 Å². The average Bonchev–Trinajstić information content (AvgIpc) is 3.02. The SMILES string of the molecule is OCc1ccc(CN2CCC3(CCOC3)C2)cc1. The number of benzene rings is 1. The highest BCUT2D eigenvalue weighted by Gasteiger charge is 2.40. The highest BCUT2D eigenvalue weighted by Crippen LogP contribution is 2.38. The molecular formula is C15H21NO2. The minimum Gasteiger partial charge on any atom is -0.392 e. The highest BCUT2D eigenvalue weighted by molar-refractivity contribution is 5.22. The molecule has 2 fully saturated rings. The van der Waals surface area contributed by atoms with Crippen LogP contribution in [0.3, 0.4) is 0 Å². The van der Waals surface area contributed by atoms with Crippen molar-refractivity contribution in [2.75, 3.05) is 26.3 Å². The van der Waals surface area contributed by atoms with Crippen molar-refractivity contribution in [1.82, 2.24) is 4.90 Å². The normalized spacial score (nSPS) is 28.3. The largest absolute Gasteiger partial charge is 0.392 e. The Morgan fingerprint density at radius 3 is 2.61 bits per heavy atom. The predicted octanol–water partition coefficient (Wildman–Crippen LogP) is 1.79. The van der Waals surface area contributed by atoms with Crippen molar-refractivity contribution in [2.24, 2.45) is 5.41 Å². The summed E-state index contributed by atoms with van der Waals surface area (Å²) in [5, 5.41) is 9.03. The maximum Gasteiger partial charge on any atom is 0.0681 e. The highest BCUT2D eigenvalue weighted by atomic mass is 16.5. The molecule has 1 aromatic rings. The van der Waals surface area contributed by atoms with Gasteiger partial charge in [-0.05, 0) is 30.5 Å². The summed E-state index contributed by atoms with van der Waals surface area (Å²) in [4.78, 5) is 2.53. The number of nitrogens with zero attached hydrogens (tertiary/aromatic N) is 1. The Kier molecular flexibility index (Phi) is 3.37. The number of hydrogen-bond acceptors (Lipinski definition) is 3. The molecule has 0 aromatic heterocycles. The molecule has 0 saturated carbocycles. The van der Waals surface area contributed by atoms with Gasteiger partial charge in [0.2, 0.25) is 0 Å². The van der Waals surface area contributed by atoms with E-state index in [1.165, 1.54) is 31.5 Å². The maximum atomic E-state index is 9.03. The summed E-state index contributed by atoms with van der Waals surface area (Å²) in [7, 11) is 0. The van der Waals surface area contributed by atoms with Crippen LogP contribution in [0.2, 0.25) is 0 Å². The molecule has 2 aliphatic heterocycles. The summed E-state index contributed by atoms with van der Waals surface area (Å²) < 4.78 is 5.56. The third-order valence-electron chi connectivity index (χ3n) is 4.31. The van der Waals surface area contributed by atoms with E-state index in [1.807, 2.05) is 12.1 Å². The van der Waals surface area contributed by atoms with Gasteiger partial charge in [0.05, 0.1) is 13.2 Å². The minimum absolute atomic E-state index is 0.129. The second-order valence-corrected chi connectivity index (χ2v) is 5.74. The Balaban J connectivity index is 1.60. The van der Waals surface area contributed by atoms with Gasteiger partial charge in [0.25, 0.3) is 0 Å². The number of aliphatic hydroxyl groups excluding tert-OH is 1. The van der Waals surface area contributed by atoms with E-state index < -0.39 is 0 Å². The van der Waals surface area contributed by atoms with Crippen LogP contribution in [0.15, 0.2) is 24.3 Å². The van der Waals surface area contributed by atoms with E-state index in [1.54, 1.807) is 0 Å². The van der Waals surface area contributed by atoms with Gasteiger partial charge in [0.1, 0.15) is 0 Å². The van der Waals surface area contributed by atoms with Crippen molar-refractivity contribution in [3.8, 4) is 0 Å². The molecule has 2 saturated heterocycles. The van der Waals surface area contributed by atoms with Gasteiger partial charge in [-0.3, -0.25) is 4.90 Å². The Bertz CT molecular complexity index is 395. The molecule has 2 heterocycles. The number of aliphatic hydroxyl groups is 1. The van der Waals surface area contributed by atoms with Crippen LogP contribution in [-0.2, 0) is 17.9 Å². The van der Waals surface area contributed by atoms with E-state index in [-0.39, 0.29) is 6.61 Å². The van der Waals surface area contributed by atoms with Crippen molar-refractivity contribution in [2.45, 2.75) is 26.0 Å². The van der Waals surface area contributed by atoms with E-state index >= 15 is 0 Å². The molecular weight excluding hydrogens is 226 g/mol. The second-order valence-electron chi connectivity index (χ2n) is 5.74. The zero-order valence-electron chi connectivity index (χ0n) is 10.8. The van der Waals surface area contributed by atoms with Crippen LogP contribution in [0.5, 0.6) is 0 Å². The van der Waals surface area contributed by atoms with E-state index in [9.17, 15) is 0 Å². The quantitative estimate of drug-likeness (QED) is 0.884. The zero-order chi connectivity index (χ0) is 12.4. The molecule has 0 radical (unpaired) electrons. The molecule has 1 N–H and O–H groups in total. The predicted molar refractivity (Wildman–Crippen MR) is 70.1 cm³/mol. The maximum absolute atomic E-state index is 9.03. The second kappa shape index (κ2) is 5.00. The van der Waals surface area contributed by atoms with Gasteiger partial charge in [-0.15, -0.1) is 0 Å². The third kappa shape index (κ3) is 2.44. The van der Waals surface area contributed by atoms with Crippen LogP contribution in [0.4, 0.5) is 0 Å². The fraction of sp³-hybridized carbons (Fsp3) is 0.600. The minimum atomic E-state index is 0.129. The lowest BCUT2D eigenvalue weighted by Crippen LogP contribution is -2.27. The number of rotatable bonds is 3. The fourth-order valence-corrected chi connectivity index (χ4v) is 3.14. The van der Waals surface area contributed by atoms with Crippen LogP contribution >= 0.6 is 0 Å². The zero-order valence-corrected chi connectivity index (χ0v) is 10.8. The van der Waals surface area contributed by atoms with Gasteiger partial charge < -0.3 is 9.84 Å². The first kappa shape index (κ1) is 12.2. The lowest BCUT2D eigenvalue weighted by Gasteiger charge is -2.22. The summed E-state index contributed by atoms with van der Waals surface area (Å²) in [6.07, 6.45) is 2.51. The molecule has 1 atom stereocenters. The van der Waals surface area contributed by atoms with E-state index in [2.05, 4.69) is 17.0 Å². The first-order valence-electron chi connectivity index (χ1n) is 6.78. The van der Waals surface area contributed by atoms with E-state index in [4.69, 9.17) is 9.84 Å². The van der Waals surface area contributed by atoms with Gasteiger partial charge in [-0.2, -0.15) is 0 Å². The van der Waals surface area contributed by atoms with Gasteiger partial charge in [0, 0.05) is 25.1 Å². The van der Waals surface area contributed by atoms with Gasteiger partial charge in [-0.1, -0.05) is 24.3 Å². The average molecular weight is 247 g/mol. The molecule has 98 valence electrons. The molecule has 0 amide bonds. The van der Waals surface area contributed by atoms with Gasteiger partial charge in [0.15, 0.2) is 0 Å². The number of hydrogen-bond donors (Lipinski definition) is 1. The number of likely N-dealkylation sites (tertiary alicyclic amines) is 1. The molecule has 2 aliphatic rings. The Hall–Kier alpha value is -0.900. The molecule has 18 heavy (non-hydrogen) atoms. The van der Waals surface area contributed by atoms with E-state index in [0.29, 0.717) is 5.41 Å². The lowest BCUT2D eigenvalue weighted by atomic mass is 9.87. The lowest BCUT2D eigenvalue weighted by molar-refractivity contribution is 0.151. The Morgan fingerprint density at radius 2 is 1.94 bits per heavy atom. The standard InChI is InChI=1S/C15H21NO2/c17-10-14-3-1-13(2-4-14)9-16-7-5-15(11-16)6-8-18-12-15/h1-4,17H,5-12H2. The van der Waals surface area contributed by atoms with Gasteiger partial charge in [-0.25, -0.2) is 0 Å². The van der Waals surface area contributed by atoms with Gasteiger partial charge >= 0.3 is 0 Å². The molecule has 0 aliphatic carbocycles. The molecule has 0 bridgehead atoms. The molecule has 3 heteroatoms. The first-order chi connectivity index (χ1) is 8.80. The summed E-state index contributed by atoms with van der Waals surface area (Å²) in [5.41, 5.74) is 2.77. The summed E-state index contributed by atoms with van der Waals surface area (Å²) >= 11 is 0. The van der Waals surface area contributed by atoms with Crippen molar-refractivity contribution in [3.63, 3.8) is 0 Å². The molecule has 1 unspecified atom stereocenters. The number of ether oxygens (including phenoxy) is 1. The van der Waals surface area contributed by atoms with Crippen LogP contribution in [-0.4, -0.2) is 36.3 Å². The molecule has 3 nitrogen and oxygen atoms in total. The van der Waals surface area contributed by atoms with E-state index in [0.717, 1.165) is 25.3 Å². The monoisotopic (exact) mass is 247 g/mol. The first-order valence-corrected chi connectivity index (χ1v) is 6.78. The molecule has 1 spiro atoms. The van der Waals surface area contributed by atoms with Crippen molar-refractivity contribution >= 4 is 0 Å². The molecule has 3 rings (SSSR count). The third-order valence-corrected chi connectivity index (χ3v) is 4.31. The topological polar surface area (TPSA) is 32.7 Å². The Labute approximate surface area is 108 Å². The van der Waals surface area contributed by atoms with Crippen LogP contribution in [0.1, 0.15) is 24.0 Å². The Morgan fingerprint density at radius 1 is 1.17 bits per heavy atom. The summed E-state index contributed by atoms with van der Waals surface area (Å²) in [6, 6.07) is 8.28. The van der Waals surface area contributed by atoms with Crippen molar-refractivity contribution < 1.29 is 9.84 Å². The summed E-state index contributed by atoms with van der Waals surface area (Å²) in [5.74, 6) is 0. The van der Waals surface area contributed by atoms with Crippen LogP contribution < -0.4 is 0 Å². The summed E-state index contributed by atoms with van der Waals surface area (Å²) in [6.45, 7) is 5.41.